The van der Waals surface area contributed by atoms with E-state index in [1.54, 1.807) is 24.4 Å². The average Bonchev–Trinajstić information content (AvgIpc) is 3.08. The first-order chi connectivity index (χ1) is 12.5. The van der Waals surface area contributed by atoms with Crippen molar-refractivity contribution in [3.8, 4) is 17.3 Å². The monoisotopic (exact) mass is 381 g/mol. The minimum Gasteiger partial charge on any atom is -0.288 e. The summed E-state index contributed by atoms with van der Waals surface area (Å²) in [6.07, 6.45) is 3.05. The summed E-state index contributed by atoms with van der Waals surface area (Å²) in [5.41, 5.74) is 3.42. The minimum absolute atomic E-state index is 0.0743. The second-order valence-electron chi connectivity index (χ2n) is 5.66. The lowest BCUT2D eigenvalue weighted by molar-refractivity contribution is 0.104. The maximum absolute atomic E-state index is 12.7. The van der Waals surface area contributed by atoms with E-state index >= 15 is 0 Å². The molecule has 1 aromatic heterocycles. The average molecular weight is 382 g/mol. The lowest BCUT2D eigenvalue weighted by atomic mass is 10.00. The summed E-state index contributed by atoms with van der Waals surface area (Å²) >= 11 is 12.2. The van der Waals surface area contributed by atoms with E-state index in [0.29, 0.717) is 5.56 Å². The third-order valence-electron chi connectivity index (χ3n) is 3.86. The van der Waals surface area contributed by atoms with Gasteiger partial charge in [-0.3, -0.25) is 9.89 Å². The van der Waals surface area contributed by atoms with Crippen LogP contribution in [0.25, 0.3) is 17.3 Å². The van der Waals surface area contributed by atoms with E-state index in [-0.39, 0.29) is 21.2 Å². The van der Waals surface area contributed by atoms with Crippen LogP contribution >= 0.6 is 23.2 Å². The van der Waals surface area contributed by atoms with Crippen LogP contribution in [0, 0.1) is 18.3 Å². The SMILES string of the molecule is Cc1ccc(-c2[nH]ncc2C=C(C#N)C(=O)c2c(Cl)cccc2Cl)cc1. The number of aromatic amines is 1. The highest BCUT2D eigenvalue weighted by Crippen LogP contribution is 2.29. The molecule has 0 aliphatic carbocycles. The number of aryl methyl sites for hydroxylation is 1. The lowest BCUT2D eigenvalue weighted by Gasteiger charge is -2.05. The quantitative estimate of drug-likeness (QED) is 0.369. The summed E-state index contributed by atoms with van der Waals surface area (Å²) < 4.78 is 0. The summed E-state index contributed by atoms with van der Waals surface area (Å²) in [7, 11) is 0. The number of nitrogens with zero attached hydrogens (tertiary/aromatic N) is 2. The molecule has 0 amide bonds. The van der Waals surface area contributed by atoms with Crippen LogP contribution in [0.15, 0.2) is 54.2 Å². The van der Waals surface area contributed by atoms with E-state index in [2.05, 4.69) is 10.2 Å². The molecule has 3 rings (SSSR count). The van der Waals surface area contributed by atoms with E-state index < -0.39 is 5.78 Å². The van der Waals surface area contributed by atoms with E-state index in [4.69, 9.17) is 23.2 Å². The van der Waals surface area contributed by atoms with Crippen LogP contribution in [-0.4, -0.2) is 16.0 Å². The van der Waals surface area contributed by atoms with Gasteiger partial charge in [0.25, 0.3) is 0 Å². The number of carbonyl (C=O) groups excluding carboxylic acids is 1. The maximum Gasteiger partial charge on any atom is 0.206 e. The molecular formula is C20H13Cl2N3O. The van der Waals surface area contributed by atoms with Crippen LogP contribution in [-0.2, 0) is 0 Å². The van der Waals surface area contributed by atoms with Crippen molar-refractivity contribution in [2.75, 3.05) is 0 Å². The third kappa shape index (κ3) is 3.55. The Bertz CT molecular complexity index is 1020. The Kier molecular flexibility index (Phi) is 5.22. The van der Waals surface area contributed by atoms with Gasteiger partial charge in [-0.05, 0) is 25.1 Å². The molecule has 1 heterocycles. The van der Waals surface area contributed by atoms with Crippen LogP contribution in [0.5, 0.6) is 0 Å². The fraction of sp³-hybridized carbons (Fsp3) is 0.0500. The van der Waals surface area contributed by atoms with Crippen molar-refractivity contribution in [3.05, 3.63) is 81.0 Å². The number of nitriles is 1. The number of ketones is 1. The number of nitrogens with one attached hydrogen (secondary N) is 1. The van der Waals surface area contributed by atoms with Crippen LogP contribution in [0.4, 0.5) is 0 Å². The standard InChI is InChI=1S/C20H13Cl2N3O/c1-12-5-7-13(8-6-12)19-15(11-24-25-19)9-14(10-23)20(26)18-16(21)3-2-4-17(18)22/h2-9,11H,1H3,(H,24,25). The van der Waals surface area contributed by atoms with Crippen molar-refractivity contribution in [2.45, 2.75) is 6.92 Å². The van der Waals surface area contributed by atoms with Gasteiger partial charge < -0.3 is 0 Å². The van der Waals surface area contributed by atoms with Gasteiger partial charge in [0.2, 0.25) is 5.78 Å². The number of halogens is 2. The number of H-pyrrole nitrogens is 1. The van der Waals surface area contributed by atoms with Gasteiger partial charge in [-0.25, -0.2) is 0 Å². The summed E-state index contributed by atoms with van der Waals surface area (Å²) in [4.78, 5) is 12.7. The zero-order chi connectivity index (χ0) is 18.7. The summed E-state index contributed by atoms with van der Waals surface area (Å²) in [6.45, 7) is 2.00. The van der Waals surface area contributed by atoms with Crippen molar-refractivity contribution < 1.29 is 4.79 Å². The summed E-state index contributed by atoms with van der Waals surface area (Å²) in [5.74, 6) is -0.529. The van der Waals surface area contributed by atoms with Gasteiger partial charge in [0, 0.05) is 11.1 Å². The molecule has 0 saturated heterocycles. The zero-order valence-electron chi connectivity index (χ0n) is 13.8. The molecule has 0 atom stereocenters. The van der Waals surface area contributed by atoms with Crippen LogP contribution < -0.4 is 0 Å². The van der Waals surface area contributed by atoms with E-state index in [1.165, 1.54) is 6.08 Å². The first-order valence-electron chi connectivity index (χ1n) is 7.72. The predicted molar refractivity (Wildman–Crippen MR) is 103 cm³/mol. The fourth-order valence-electron chi connectivity index (χ4n) is 2.51. The topological polar surface area (TPSA) is 69.5 Å². The normalized spacial score (nSPS) is 11.2. The molecule has 4 nitrogen and oxygen atoms in total. The molecule has 1 N–H and O–H groups in total. The van der Waals surface area contributed by atoms with Crippen molar-refractivity contribution in [1.82, 2.24) is 10.2 Å². The Labute approximate surface area is 160 Å². The third-order valence-corrected chi connectivity index (χ3v) is 4.49. The molecule has 0 unspecified atom stereocenters. The molecule has 0 spiro atoms. The second kappa shape index (κ2) is 7.57. The molecule has 3 aromatic rings. The number of allylic oxidation sites excluding steroid dienone is 1. The largest absolute Gasteiger partial charge is 0.288 e. The molecule has 0 bridgehead atoms. The summed E-state index contributed by atoms with van der Waals surface area (Å²) in [6, 6.07) is 14.5. The highest BCUT2D eigenvalue weighted by atomic mass is 35.5. The van der Waals surface area contributed by atoms with E-state index in [0.717, 1.165) is 16.8 Å². The predicted octanol–water partition coefficient (Wildman–Crippen LogP) is 5.48. The molecule has 6 heteroatoms. The van der Waals surface area contributed by atoms with Crippen molar-refractivity contribution in [3.63, 3.8) is 0 Å². The van der Waals surface area contributed by atoms with Gasteiger partial charge >= 0.3 is 0 Å². The molecule has 26 heavy (non-hydrogen) atoms. The van der Waals surface area contributed by atoms with Gasteiger partial charge in [-0.15, -0.1) is 0 Å². The molecule has 0 radical (unpaired) electrons. The number of Topliss-reactive ketones (excluding diaryl/α,β-unsaturated/α-hetero) is 1. The van der Waals surface area contributed by atoms with Crippen LogP contribution in [0.2, 0.25) is 10.0 Å². The van der Waals surface area contributed by atoms with Gasteiger partial charge in [0.15, 0.2) is 0 Å². The number of carbonyl (C=O) groups is 1. The van der Waals surface area contributed by atoms with Crippen LogP contribution in [0.1, 0.15) is 21.5 Å². The van der Waals surface area contributed by atoms with E-state index in [1.807, 2.05) is 37.3 Å². The number of rotatable bonds is 4. The molecular weight excluding hydrogens is 369 g/mol. The molecule has 0 fully saturated rings. The van der Waals surface area contributed by atoms with Crippen molar-refractivity contribution >= 4 is 35.1 Å². The first kappa shape index (κ1) is 17.9. The molecule has 128 valence electrons. The van der Waals surface area contributed by atoms with Crippen molar-refractivity contribution in [1.29, 1.82) is 5.26 Å². The van der Waals surface area contributed by atoms with E-state index in [9.17, 15) is 10.1 Å². The van der Waals surface area contributed by atoms with Gasteiger partial charge in [-0.1, -0.05) is 59.1 Å². The Balaban J connectivity index is 2.04. The molecule has 0 saturated carbocycles. The zero-order valence-corrected chi connectivity index (χ0v) is 15.3. The number of benzene rings is 2. The molecule has 2 aromatic carbocycles. The smallest absolute Gasteiger partial charge is 0.206 e. The van der Waals surface area contributed by atoms with Crippen molar-refractivity contribution in [2.24, 2.45) is 0 Å². The molecule has 0 aliphatic heterocycles. The number of hydrogen-bond acceptors (Lipinski definition) is 3. The second-order valence-corrected chi connectivity index (χ2v) is 6.48. The maximum atomic E-state index is 12.7. The summed E-state index contributed by atoms with van der Waals surface area (Å²) in [5, 5.41) is 16.8. The number of aromatic nitrogens is 2. The Morgan fingerprint density at radius 3 is 2.42 bits per heavy atom. The Morgan fingerprint density at radius 2 is 1.81 bits per heavy atom. The highest BCUT2D eigenvalue weighted by molar-refractivity contribution is 6.41. The number of hydrogen-bond donors (Lipinski definition) is 1. The van der Waals surface area contributed by atoms with Gasteiger partial charge in [-0.2, -0.15) is 10.4 Å². The lowest BCUT2D eigenvalue weighted by Crippen LogP contribution is -2.04. The Hall–Kier alpha value is -2.87. The minimum atomic E-state index is -0.529. The molecule has 0 aliphatic rings. The van der Waals surface area contributed by atoms with Crippen LogP contribution in [0.3, 0.4) is 0 Å². The first-order valence-corrected chi connectivity index (χ1v) is 8.47. The van der Waals surface area contributed by atoms with Gasteiger partial charge in [0.1, 0.15) is 11.6 Å². The highest BCUT2D eigenvalue weighted by Gasteiger charge is 2.19. The fourth-order valence-corrected chi connectivity index (χ4v) is 3.08. The van der Waals surface area contributed by atoms with Gasteiger partial charge in [0.05, 0.1) is 27.5 Å². The Morgan fingerprint density at radius 1 is 1.15 bits per heavy atom.